The van der Waals surface area contributed by atoms with Crippen molar-refractivity contribution in [3.63, 3.8) is 0 Å². The second-order valence-electron chi connectivity index (χ2n) is 7.86. The number of methoxy groups -OCH3 is 1. The molecule has 0 radical (unpaired) electrons. The molecule has 1 heterocycles. The third-order valence-electron chi connectivity index (χ3n) is 5.79. The Morgan fingerprint density at radius 2 is 2.07 bits per heavy atom. The standard InChI is InChI=1S/C21H31N3O4/c1-28-18-8-4-3-7-16(18)14-24-12-11-22-20(26)17(24)13-19(25)23-15-21(27)9-5-2-6-10-21/h3-4,7-8,17,27H,2,5-6,9-15H2,1H3,(H,22,26)(H,23,25). The number of hydrogen-bond acceptors (Lipinski definition) is 5. The van der Waals surface area contributed by atoms with Crippen molar-refractivity contribution in [2.45, 2.75) is 56.7 Å². The van der Waals surface area contributed by atoms with Crippen LogP contribution in [-0.2, 0) is 16.1 Å². The number of piperazine rings is 1. The average molecular weight is 389 g/mol. The van der Waals surface area contributed by atoms with Crippen LogP contribution in [0.2, 0.25) is 0 Å². The quantitative estimate of drug-likeness (QED) is 0.652. The molecule has 154 valence electrons. The molecule has 1 aromatic rings. The first-order chi connectivity index (χ1) is 13.5. The van der Waals surface area contributed by atoms with Crippen LogP contribution < -0.4 is 15.4 Å². The van der Waals surface area contributed by atoms with Gasteiger partial charge >= 0.3 is 0 Å². The number of nitrogens with zero attached hydrogens (tertiary/aromatic N) is 1. The van der Waals surface area contributed by atoms with Crippen LogP contribution in [0.15, 0.2) is 24.3 Å². The third-order valence-corrected chi connectivity index (χ3v) is 5.79. The number of carbonyl (C=O) groups is 2. The lowest BCUT2D eigenvalue weighted by Crippen LogP contribution is -2.56. The van der Waals surface area contributed by atoms with E-state index in [-0.39, 0.29) is 24.8 Å². The van der Waals surface area contributed by atoms with Crippen molar-refractivity contribution >= 4 is 11.8 Å². The lowest BCUT2D eigenvalue weighted by molar-refractivity contribution is -0.134. The van der Waals surface area contributed by atoms with Gasteiger partial charge in [-0.05, 0) is 18.9 Å². The normalized spacial score (nSPS) is 22.4. The van der Waals surface area contributed by atoms with E-state index in [0.717, 1.165) is 43.4 Å². The molecule has 0 spiro atoms. The highest BCUT2D eigenvalue weighted by atomic mass is 16.5. The van der Waals surface area contributed by atoms with Gasteiger partial charge in [0.1, 0.15) is 5.75 Å². The highest BCUT2D eigenvalue weighted by Gasteiger charge is 2.33. The molecule has 7 heteroatoms. The van der Waals surface area contributed by atoms with Gasteiger partial charge in [0, 0.05) is 31.7 Å². The zero-order chi connectivity index (χ0) is 20.0. The van der Waals surface area contributed by atoms with Gasteiger partial charge in [0.15, 0.2) is 0 Å². The number of ether oxygens (including phenoxy) is 1. The highest BCUT2D eigenvalue weighted by molar-refractivity contribution is 5.88. The van der Waals surface area contributed by atoms with Gasteiger partial charge in [-0.15, -0.1) is 0 Å². The molecule has 3 rings (SSSR count). The molecule has 0 bridgehead atoms. The summed E-state index contributed by atoms with van der Waals surface area (Å²) in [5.41, 5.74) is 0.182. The van der Waals surface area contributed by atoms with Gasteiger partial charge in [-0.25, -0.2) is 0 Å². The van der Waals surface area contributed by atoms with Crippen molar-refractivity contribution < 1.29 is 19.4 Å². The predicted molar refractivity (Wildman–Crippen MR) is 106 cm³/mol. The summed E-state index contributed by atoms with van der Waals surface area (Å²) in [5, 5.41) is 16.3. The van der Waals surface area contributed by atoms with Crippen molar-refractivity contribution in [1.29, 1.82) is 0 Å². The number of aliphatic hydroxyl groups is 1. The molecule has 2 aliphatic rings. The molecule has 7 nitrogen and oxygen atoms in total. The Kier molecular flexibility index (Phi) is 6.91. The second kappa shape index (κ2) is 9.39. The number of amides is 2. The lowest BCUT2D eigenvalue weighted by atomic mass is 9.85. The SMILES string of the molecule is COc1ccccc1CN1CCNC(=O)C1CC(=O)NCC1(O)CCCCC1. The summed E-state index contributed by atoms with van der Waals surface area (Å²) in [6.45, 7) is 2.03. The molecule has 0 aromatic heterocycles. The minimum absolute atomic E-state index is 0.0804. The summed E-state index contributed by atoms with van der Waals surface area (Å²) in [6.07, 6.45) is 4.63. The zero-order valence-electron chi connectivity index (χ0n) is 16.6. The Bertz CT molecular complexity index is 688. The smallest absolute Gasteiger partial charge is 0.237 e. The molecule has 28 heavy (non-hydrogen) atoms. The molecular formula is C21H31N3O4. The van der Waals surface area contributed by atoms with E-state index < -0.39 is 11.6 Å². The first-order valence-electron chi connectivity index (χ1n) is 10.1. The highest BCUT2D eigenvalue weighted by Crippen LogP contribution is 2.27. The fraction of sp³-hybridized carbons (Fsp3) is 0.619. The minimum atomic E-state index is -0.806. The molecule has 1 saturated heterocycles. The van der Waals surface area contributed by atoms with Crippen molar-refractivity contribution in [2.75, 3.05) is 26.7 Å². The summed E-state index contributed by atoms with van der Waals surface area (Å²) in [4.78, 5) is 27.0. The summed E-state index contributed by atoms with van der Waals surface area (Å²) >= 11 is 0. The van der Waals surface area contributed by atoms with Gasteiger partial charge in [-0.2, -0.15) is 0 Å². The number of para-hydroxylation sites is 1. The Morgan fingerprint density at radius 3 is 2.82 bits per heavy atom. The van der Waals surface area contributed by atoms with Gasteiger partial charge in [0.25, 0.3) is 0 Å². The number of hydrogen-bond donors (Lipinski definition) is 3. The van der Waals surface area contributed by atoms with Crippen LogP contribution in [0.3, 0.4) is 0 Å². The van der Waals surface area contributed by atoms with E-state index in [4.69, 9.17) is 4.74 Å². The maximum absolute atomic E-state index is 12.5. The summed E-state index contributed by atoms with van der Waals surface area (Å²) in [5.74, 6) is 0.440. The topological polar surface area (TPSA) is 90.9 Å². The van der Waals surface area contributed by atoms with Crippen LogP contribution >= 0.6 is 0 Å². The average Bonchev–Trinajstić information content (AvgIpc) is 2.70. The van der Waals surface area contributed by atoms with Crippen molar-refractivity contribution in [3.05, 3.63) is 29.8 Å². The molecular weight excluding hydrogens is 358 g/mol. The van der Waals surface area contributed by atoms with Crippen LogP contribution in [0.5, 0.6) is 5.75 Å². The van der Waals surface area contributed by atoms with Gasteiger partial charge in [0.2, 0.25) is 11.8 Å². The van der Waals surface area contributed by atoms with Crippen LogP contribution in [-0.4, -0.2) is 60.2 Å². The number of rotatable bonds is 7. The monoisotopic (exact) mass is 389 g/mol. The Labute approximate surface area is 166 Å². The van der Waals surface area contributed by atoms with Gasteiger partial charge in [-0.1, -0.05) is 37.5 Å². The molecule has 1 aliphatic carbocycles. The first kappa shape index (κ1) is 20.6. The van der Waals surface area contributed by atoms with Crippen molar-refractivity contribution in [2.24, 2.45) is 0 Å². The first-order valence-corrected chi connectivity index (χ1v) is 10.1. The summed E-state index contributed by atoms with van der Waals surface area (Å²) < 4.78 is 5.41. The number of nitrogens with one attached hydrogen (secondary N) is 2. The largest absolute Gasteiger partial charge is 0.496 e. The van der Waals surface area contributed by atoms with Crippen molar-refractivity contribution in [1.82, 2.24) is 15.5 Å². The van der Waals surface area contributed by atoms with E-state index in [1.807, 2.05) is 29.2 Å². The molecule has 2 fully saturated rings. The Balaban J connectivity index is 1.60. The summed E-state index contributed by atoms with van der Waals surface area (Å²) in [7, 11) is 1.63. The van der Waals surface area contributed by atoms with Crippen LogP contribution in [0, 0.1) is 0 Å². The molecule has 2 amide bonds. The molecule has 3 N–H and O–H groups in total. The fourth-order valence-electron chi connectivity index (χ4n) is 4.12. The van der Waals surface area contributed by atoms with E-state index in [1.165, 1.54) is 0 Å². The Hall–Kier alpha value is -2.12. The lowest BCUT2D eigenvalue weighted by Gasteiger charge is -2.35. The number of carbonyl (C=O) groups excluding carboxylic acids is 2. The maximum atomic E-state index is 12.5. The van der Waals surface area contributed by atoms with Crippen LogP contribution in [0.1, 0.15) is 44.1 Å². The summed E-state index contributed by atoms with van der Waals surface area (Å²) in [6, 6.07) is 7.19. The predicted octanol–water partition coefficient (Wildman–Crippen LogP) is 1.20. The third kappa shape index (κ3) is 5.23. The number of benzene rings is 1. The maximum Gasteiger partial charge on any atom is 0.237 e. The fourth-order valence-corrected chi connectivity index (χ4v) is 4.12. The van der Waals surface area contributed by atoms with Crippen LogP contribution in [0.4, 0.5) is 0 Å². The van der Waals surface area contributed by atoms with Crippen molar-refractivity contribution in [3.8, 4) is 5.75 Å². The van der Waals surface area contributed by atoms with Crippen LogP contribution in [0.25, 0.3) is 0 Å². The minimum Gasteiger partial charge on any atom is -0.496 e. The van der Waals surface area contributed by atoms with Gasteiger partial charge < -0.3 is 20.5 Å². The molecule has 1 atom stereocenters. The zero-order valence-corrected chi connectivity index (χ0v) is 16.6. The van der Waals surface area contributed by atoms with E-state index in [9.17, 15) is 14.7 Å². The van der Waals surface area contributed by atoms with E-state index in [2.05, 4.69) is 10.6 Å². The van der Waals surface area contributed by atoms with Gasteiger partial charge in [-0.3, -0.25) is 14.5 Å². The molecule has 1 aliphatic heterocycles. The molecule has 1 unspecified atom stereocenters. The van der Waals surface area contributed by atoms with E-state index >= 15 is 0 Å². The van der Waals surface area contributed by atoms with E-state index in [0.29, 0.717) is 19.6 Å². The van der Waals surface area contributed by atoms with Gasteiger partial charge in [0.05, 0.1) is 25.2 Å². The Morgan fingerprint density at radius 1 is 1.32 bits per heavy atom. The van der Waals surface area contributed by atoms with E-state index in [1.54, 1.807) is 7.11 Å². The molecule has 1 aromatic carbocycles. The second-order valence-corrected chi connectivity index (χ2v) is 7.86. The molecule has 1 saturated carbocycles.